The second-order valence-corrected chi connectivity index (χ2v) is 6.17. The minimum absolute atomic E-state index is 0.729. The van der Waals surface area contributed by atoms with Gasteiger partial charge >= 0.3 is 0 Å². The molecule has 0 saturated carbocycles. The lowest BCUT2D eigenvalue weighted by atomic mass is 10.2. The number of benzene rings is 1. The molecule has 1 aromatic carbocycles. The van der Waals surface area contributed by atoms with E-state index in [0.29, 0.717) is 0 Å². The first-order valence-corrected chi connectivity index (χ1v) is 8.23. The van der Waals surface area contributed by atoms with Crippen LogP contribution in [0, 0.1) is 6.92 Å². The van der Waals surface area contributed by atoms with Gasteiger partial charge in [-0.25, -0.2) is 0 Å². The fraction of sp³-hybridized carbons (Fsp3) is 0.118. The van der Waals surface area contributed by atoms with E-state index in [-0.39, 0.29) is 0 Å². The van der Waals surface area contributed by atoms with E-state index in [0.717, 1.165) is 28.0 Å². The Balaban J connectivity index is 1.63. The monoisotopic (exact) mass is 322 g/mol. The maximum atomic E-state index is 5.40. The minimum atomic E-state index is 0.729. The molecule has 3 heterocycles. The molecule has 4 aromatic rings. The van der Waals surface area contributed by atoms with Gasteiger partial charge in [-0.2, -0.15) is 9.61 Å². The smallest absolute Gasteiger partial charge is 0.212 e. The third-order valence-corrected chi connectivity index (χ3v) is 4.45. The Hall–Kier alpha value is -2.60. The van der Waals surface area contributed by atoms with Crippen LogP contribution >= 0.6 is 11.8 Å². The molecule has 0 fully saturated rings. The van der Waals surface area contributed by atoms with Gasteiger partial charge in [0.15, 0.2) is 11.4 Å². The largest absolute Gasteiger partial charge is 0.463 e. The fourth-order valence-corrected chi connectivity index (χ4v) is 3.20. The molecule has 0 atom stereocenters. The molecule has 3 aromatic heterocycles. The fourth-order valence-electron chi connectivity index (χ4n) is 2.36. The first kappa shape index (κ1) is 14.0. The summed E-state index contributed by atoms with van der Waals surface area (Å²) in [5, 5.41) is 13.8. The van der Waals surface area contributed by atoms with E-state index in [1.807, 2.05) is 24.3 Å². The van der Waals surface area contributed by atoms with Crippen molar-refractivity contribution in [2.45, 2.75) is 17.8 Å². The molecule has 0 N–H and O–H groups in total. The van der Waals surface area contributed by atoms with E-state index < -0.39 is 0 Å². The Bertz CT molecular complexity index is 946. The zero-order valence-corrected chi connectivity index (χ0v) is 13.3. The van der Waals surface area contributed by atoms with Gasteiger partial charge in [0.1, 0.15) is 5.69 Å². The molecule has 5 nitrogen and oxygen atoms in total. The molecule has 0 aliphatic carbocycles. The highest BCUT2D eigenvalue weighted by atomic mass is 32.2. The lowest BCUT2D eigenvalue weighted by Gasteiger charge is -2.02. The Morgan fingerprint density at radius 1 is 1.09 bits per heavy atom. The van der Waals surface area contributed by atoms with Crippen molar-refractivity contribution < 1.29 is 4.42 Å². The Morgan fingerprint density at radius 2 is 2.04 bits per heavy atom. The quantitative estimate of drug-likeness (QED) is 0.532. The molecule has 0 bridgehead atoms. The molecular formula is C17H14N4OS. The average Bonchev–Trinajstić information content (AvgIpc) is 3.22. The van der Waals surface area contributed by atoms with Crippen molar-refractivity contribution >= 4 is 17.4 Å². The summed E-state index contributed by atoms with van der Waals surface area (Å²) in [5.41, 5.74) is 4.01. The highest BCUT2D eigenvalue weighted by Gasteiger charge is 2.10. The van der Waals surface area contributed by atoms with Crippen LogP contribution in [0.25, 0.3) is 17.1 Å². The van der Waals surface area contributed by atoms with Gasteiger partial charge < -0.3 is 4.42 Å². The molecule has 114 valence electrons. The van der Waals surface area contributed by atoms with Gasteiger partial charge in [0.25, 0.3) is 0 Å². The number of nitrogens with zero attached hydrogens (tertiary/aromatic N) is 4. The van der Waals surface area contributed by atoms with Gasteiger partial charge in [0.05, 0.1) is 6.26 Å². The van der Waals surface area contributed by atoms with E-state index in [9.17, 15) is 0 Å². The Kier molecular flexibility index (Phi) is 3.59. The zero-order chi connectivity index (χ0) is 15.6. The lowest BCUT2D eigenvalue weighted by Crippen LogP contribution is -1.96. The molecule has 0 aliphatic heterocycles. The maximum absolute atomic E-state index is 5.40. The second-order valence-electron chi connectivity index (χ2n) is 5.23. The first-order valence-electron chi connectivity index (χ1n) is 7.24. The van der Waals surface area contributed by atoms with E-state index >= 15 is 0 Å². The maximum Gasteiger partial charge on any atom is 0.212 e. The van der Waals surface area contributed by atoms with E-state index in [4.69, 9.17) is 4.42 Å². The summed E-state index contributed by atoms with van der Waals surface area (Å²) in [4.78, 5) is 0. The molecule has 6 heteroatoms. The van der Waals surface area contributed by atoms with Crippen molar-refractivity contribution in [3.63, 3.8) is 0 Å². The number of aromatic nitrogens is 4. The van der Waals surface area contributed by atoms with Crippen LogP contribution in [0.5, 0.6) is 0 Å². The molecule has 0 saturated heterocycles. The normalized spacial score (nSPS) is 11.2. The van der Waals surface area contributed by atoms with E-state index in [2.05, 4.69) is 46.5 Å². The summed E-state index contributed by atoms with van der Waals surface area (Å²) in [6.45, 7) is 2.10. The van der Waals surface area contributed by atoms with Crippen molar-refractivity contribution in [1.29, 1.82) is 0 Å². The Morgan fingerprint density at radius 3 is 2.87 bits per heavy atom. The molecule has 0 spiro atoms. The summed E-state index contributed by atoms with van der Waals surface area (Å²) in [6, 6.07) is 16.0. The molecule has 4 rings (SSSR count). The number of hydrogen-bond donors (Lipinski definition) is 0. The summed E-state index contributed by atoms with van der Waals surface area (Å²) < 4.78 is 7.17. The highest BCUT2D eigenvalue weighted by molar-refractivity contribution is 7.98. The topological polar surface area (TPSA) is 56.2 Å². The van der Waals surface area contributed by atoms with Gasteiger partial charge in [-0.1, -0.05) is 41.6 Å². The second kappa shape index (κ2) is 5.89. The number of fused-ring (bicyclic) bond motifs is 1. The molecule has 0 amide bonds. The van der Waals surface area contributed by atoms with Crippen molar-refractivity contribution in [1.82, 2.24) is 19.8 Å². The van der Waals surface area contributed by atoms with Crippen molar-refractivity contribution in [2.24, 2.45) is 0 Å². The summed E-state index contributed by atoms with van der Waals surface area (Å²) >= 11 is 1.62. The summed E-state index contributed by atoms with van der Waals surface area (Å²) in [5.74, 6) is 1.56. The van der Waals surface area contributed by atoms with E-state index in [1.165, 1.54) is 11.1 Å². The van der Waals surface area contributed by atoms with Gasteiger partial charge in [-0.05, 0) is 36.8 Å². The van der Waals surface area contributed by atoms with Crippen LogP contribution in [0.15, 0.2) is 64.4 Å². The zero-order valence-electron chi connectivity index (χ0n) is 12.5. The third kappa shape index (κ3) is 2.85. The van der Waals surface area contributed by atoms with Gasteiger partial charge in [-0.3, -0.25) is 0 Å². The van der Waals surface area contributed by atoms with Gasteiger partial charge in [0, 0.05) is 5.75 Å². The molecule has 0 aliphatic rings. The van der Waals surface area contributed by atoms with Crippen LogP contribution in [0.4, 0.5) is 0 Å². The van der Waals surface area contributed by atoms with Crippen LogP contribution in [-0.4, -0.2) is 19.8 Å². The summed E-state index contributed by atoms with van der Waals surface area (Å²) in [6.07, 6.45) is 1.64. The SMILES string of the molecule is Cc1cccc(CSc2nnc3ccc(-c4ccco4)nn23)c1. The van der Waals surface area contributed by atoms with Gasteiger partial charge in [0.2, 0.25) is 5.16 Å². The number of thioether (sulfide) groups is 1. The van der Waals surface area contributed by atoms with Crippen molar-refractivity contribution in [3.05, 3.63) is 65.9 Å². The number of rotatable bonds is 4. The van der Waals surface area contributed by atoms with Crippen molar-refractivity contribution in [3.8, 4) is 11.5 Å². The lowest BCUT2D eigenvalue weighted by molar-refractivity contribution is 0.577. The van der Waals surface area contributed by atoms with Crippen LogP contribution < -0.4 is 0 Å². The molecule has 0 radical (unpaired) electrons. The number of aryl methyl sites for hydroxylation is 1. The first-order chi connectivity index (χ1) is 11.3. The number of furan rings is 1. The van der Waals surface area contributed by atoms with Crippen molar-refractivity contribution in [2.75, 3.05) is 0 Å². The minimum Gasteiger partial charge on any atom is -0.463 e. The Labute approximate surface area is 137 Å². The van der Waals surface area contributed by atoms with Crippen LogP contribution in [0.2, 0.25) is 0 Å². The van der Waals surface area contributed by atoms with Crippen LogP contribution in [-0.2, 0) is 5.75 Å². The van der Waals surface area contributed by atoms with E-state index in [1.54, 1.807) is 22.5 Å². The standard InChI is InChI=1S/C17H14N4OS/c1-12-4-2-5-13(10-12)11-23-17-19-18-16-8-7-14(20-21(16)17)15-6-3-9-22-15/h2-10H,11H2,1H3. The van der Waals surface area contributed by atoms with Crippen LogP contribution in [0.3, 0.4) is 0 Å². The highest BCUT2D eigenvalue weighted by Crippen LogP contribution is 2.23. The number of hydrogen-bond acceptors (Lipinski definition) is 5. The predicted octanol–water partition coefficient (Wildman–Crippen LogP) is 3.99. The average molecular weight is 322 g/mol. The molecule has 23 heavy (non-hydrogen) atoms. The molecular weight excluding hydrogens is 308 g/mol. The molecule has 0 unspecified atom stereocenters. The predicted molar refractivity (Wildman–Crippen MR) is 89.2 cm³/mol. The van der Waals surface area contributed by atoms with Gasteiger partial charge in [-0.15, -0.1) is 10.2 Å². The van der Waals surface area contributed by atoms with Crippen LogP contribution in [0.1, 0.15) is 11.1 Å². The summed E-state index contributed by atoms with van der Waals surface area (Å²) in [7, 11) is 0. The third-order valence-electron chi connectivity index (χ3n) is 3.46.